The predicted molar refractivity (Wildman–Crippen MR) is 82.9 cm³/mol. The van der Waals surface area contributed by atoms with Gasteiger partial charge in [0.25, 0.3) is 0 Å². The Hall–Kier alpha value is -1.82. The van der Waals surface area contributed by atoms with Crippen LogP contribution in [0.25, 0.3) is 0 Å². The van der Waals surface area contributed by atoms with Crippen molar-refractivity contribution < 1.29 is 9.59 Å². The van der Waals surface area contributed by atoms with Crippen molar-refractivity contribution in [3.8, 4) is 0 Å². The summed E-state index contributed by atoms with van der Waals surface area (Å²) in [6.45, 7) is 0.488. The molecule has 1 aromatic rings. The first-order valence-electron chi connectivity index (χ1n) is 7.06. The van der Waals surface area contributed by atoms with E-state index in [1.807, 2.05) is 30.3 Å². The molecule has 2 N–H and O–H groups in total. The number of carbonyl (C=O) groups excluding carboxylic acids is 2. The smallest absolute Gasteiger partial charge is 0.240 e. The number of amidine groups is 1. The maximum atomic E-state index is 11.9. The molecule has 1 aliphatic carbocycles. The van der Waals surface area contributed by atoms with E-state index in [1.54, 1.807) is 0 Å². The molecule has 0 unspecified atom stereocenters. The second-order valence-electron chi connectivity index (χ2n) is 5.23. The normalized spacial score (nSPS) is 23.1. The van der Waals surface area contributed by atoms with Crippen LogP contribution in [0, 0.1) is 0 Å². The van der Waals surface area contributed by atoms with Gasteiger partial charge >= 0.3 is 0 Å². The number of amides is 2. The molecule has 1 saturated heterocycles. The van der Waals surface area contributed by atoms with Gasteiger partial charge in [-0.1, -0.05) is 42.1 Å². The topological polar surface area (TPSA) is 70.6 Å². The fourth-order valence-corrected chi connectivity index (χ4v) is 3.05. The molecule has 0 radical (unpaired) electrons. The maximum Gasteiger partial charge on any atom is 0.240 e. The molecule has 2 amide bonds. The number of benzene rings is 1. The molecule has 3 rings (SSSR count). The monoisotopic (exact) mass is 303 g/mol. The second kappa shape index (κ2) is 6.30. The molecule has 1 saturated carbocycles. The summed E-state index contributed by atoms with van der Waals surface area (Å²) in [5.74, 6) is -0.228. The van der Waals surface area contributed by atoms with E-state index in [0.717, 1.165) is 18.4 Å². The van der Waals surface area contributed by atoms with Crippen molar-refractivity contribution in [2.45, 2.75) is 37.1 Å². The molecule has 0 aromatic heterocycles. The first-order valence-corrected chi connectivity index (χ1v) is 7.94. The zero-order chi connectivity index (χ0) is 14.7. The van der Waals surface area contributed by atoms with Crippen LogP contribution in [0.15, 0.2) is 35.3 Å². The second-order valence-corrected chi connectivity index (χ2v) is 6.42. The molecular weight excluding hydrogens is 286 g/mol. The molecule has 5 nitrogen and oxygen atoms in total. The Morgan fingerprint density at radius 1 is 1.33 bits per heavy atom. The highest BCUT2D eigenvalue weighted by Crippen LogP contribution is 2.28. The SMILES string of the molecule is O=C(C[C@@H]1SC(=NC2CC2)NC1=O)NCc1ccccc1. The van der Waals surface area contributed by atoms with Gasteiger partial charge in [0, 0.05) is 13.0 Å². The molecule has 2 aliphatic rings. The van der Waals surface area contributed by atoms with Gasteiger partial charge in [-0.15, -0.1) is 0 Å². The molecule has 0 spiro atoms. The number of nitrogens with zero attached hydrogens (tertiary/aromatic N) is 1. The van der Waals surface area contributed by atoms with Crippen LogP contribution in [0.1, 0.15) is 24.8 Å². The molecule has 6 heteroatoms. The first-order chi connectivity index (χ1) is 10.2. The van der Waals surface area contributed by atoms with Crippen LogP contribution in [0.2, 0.25) is 0 Å². The van der Waals surface area contributed by atoms with Crippen LogP contribution in [0.5, 0.6) is 0 Å². The standard InChI is InChI=1S/C15H17N3O2S/c19-13(16-9-10-4-2-1-3-5-10)8-12-14(20)18-15(21-12)17-11-6-7-11/h1-5,11-12H,6-9H2,(H,16,19)(H,17,18,20)/t12-/m0/s1. The van der Waals surface area contributed by atoms with Gasteiger partial charge in [0.2, 0.25) is 11.8 Å². The van der Waals surface area contributed by atoms with Gasteiger partial charge in [0.15, 0.2) is 5.17 Å². The Balaban J connectivity index is 1.47. The van der Waals surface area contributed by atoms with Crippen LogP contribution < -0.4 is 10.6 Å². The van der Waals surface area contributed by atoms with Gasteiger partial charge in [-0.2, -0.15) is 0 Å². The lowest BCUT2D eigenvalue weighted by Crippen LogP contribution is -2.31. The van der Waals surface area contributed by atoms with Crippen molar-refractivity contribution in [1.82, 2.24) is 10.6 Å². The summed E-state index contributed by atoms with van der Waals surface area (Å²) in [5.41, 5.74) is 1.05. The fraction of sp³-hybridized carbons (Fsp3) is 0.400. The number of thioether (sulfide) groups is 1. The Labute approximate surface area is 127 Å². The third-order valence-corrected chi connectivity index (χ3v) is 4.42. The van der Waals surface area contributed by atoms with E-state index in [0.29, 0.717) is 17.8 Å². The van der Waals surface area contributed by atoms with Gasteiger partial charge in [-0.3, -0.25) is 14.6 Å². The van der Waals surface area contributed by atoms with Crippen molar-refractivity contribution in [2.24, 2.45) is 4.99 Å². The Kier molecular flexibility index (Phi) is 4.24. The van der Waals surface area contributed by atoms with E-state index >= 15 is 0 Å². The summed E-state index contributed by atoms with van der Waals surface area (Å²) in [6, 6.07) is 10.1. The molecule has 2 fully saturated rings. The minimum absolute atomic E-state index is 0.112. The average Bonchev–Trinajstić information content (AvgIpc) is 3.22. The van der Waals surface area contributed by atoms with Crippen molar-refractivity contribution in [2.75, 3.05) is 0 Å². The van der Waals surface area contributed by atoms with E-state index < -0.39 is 0 Å². The van der Waals surface area contributed by atoms with E-state index in [4.69, 9.17) is 0 Å². The molecule has 110 valence electrons. The summed E-state index contributed by atoms with van der Waals surface area (Å²) in [4.78, 5) is 28.1. The summed E-state index contributed by atoms with van der Waals surface area (Å²) in [5, 5.41) is 5.90. The number of carbonyl (C=O) groups is 2. The molecular formula is C15H17N3O2S. The zero-order valence-corrected chi connectivity index (χ0v) is 12.4. The van der Waals surface area contributed by atoms with Crippen LogP contribution in [-0.2, 0) is 16.1 Å². The minimum Gasteiger partial charge on any atom is -0.352 e. The molecule has 1 heterocycles. The van der Waals surface area contributed by atoms with E-state index in [9.17, 15) is 9.59 Å². The van der Waals surface area contributed by atoms with Gasteiger partial charge in [0.1, 0.15) is 5.25 Å². The van der Waals surface area contributed by atoms with Crippen molar-refractivity contribution >= 4 is 28.7 Å². The van der Waals surface area contributed by atoms with Gasteiger partial charge in [-0.05, 0) is 18.4 Å². The lowest BCUT2D eigenvalue weighted by molar-refractivity contribution is -0.125. The van der Waals surface area contributed by atoms with Gasteiger partial charge in [-0.25, -0.2) is 0 Å². The van der Waals surface area contributed by atoms with Crippen LogP contribution in [0.3, 0.4) is 0 Å². The summed E-state index contributed by atoms with van der Waals surface area (Å²) >= 11 is 1.37. The Bertz CT molecular complexity index is 570. The maximum absolute atomic E-state index is 11.9. The number of hydrogen-bond acceptors (Lipinski definition) is 4. The van der Waals surface area contributed by atoms with Gasteiger partial charge in [0.05, 0.1) is 6.04 Å². The minimum atomic E-state index is -0.363. The quantitative estimate of drug-likeness (QED) is 0.865. The summed E-state index contributed by atoms with van der Waals surface area (Å²) in [6.07, 6.45) is 2.39. The fourth-order valence-electron chi connectivity index (χ4n) is 2.01. The zero-order valence-electron chi connectivity index (χ0n) is 11.5. The third-order valence-electron chi connectivity index (χ3n) is 3.33. The Morgan fingerprint density at radius 2 is 2.10 bits per heavy atom. The predicted octanol–water partition coefficient (Wildman–Crippen LogP) is 1.44. The largest absolute Gasteiger partial charge is 0.352 e. The Morgan fingerprint density at radius 3 is 2.81 bits per heavy atom. The van der Waals surface area contributed by atoms with Crippen molar-refractivity contribution in [3.63, 3.8) is 0 Å². The number of rotatable bonds is 5. The van der Waals surface area contributed by atoms with E-state index in [1.165, 1.54) is 11.8 Å². The van der Waals surface area contributed by atoms with Gasteiger partial charge < -0.3 is 10.6 Å². The highest BCUT2D eigenvalue weighted by Gasteiger charge is 2.33. The lowest BCUT2D eigenvalue weighted by atomic mass is 10.2. The van der Waals surface area contributed by atoms with Crippen LogP contribution >= 0.6 is 11.8 Å². The molecule has 1 aromatic carbocycles. The molecule has 1 aliphatic heterocycles. The molecule has 21 heavy (non-hydrogen) atoms. The lowest BCUT2D eigenvalue weighted by Gasteiger charge is -2.07. The van der Waals surface area contributed by atoms with Crippen LogP contribution in [-0.4, -0.2) is 28.3 Å². The van der Waals surface area contributed by atoms with E-state index in [-0.39, 0.29) is 23.5 Å². The first kappa shape index (κ1) is 14.1. The average molecular weight is 303 g/mol. The van der Waals surface area contributed by atoms with E-state index in [2.05, 4.69) is 15.6 Å². The number of hydrogen-bond donors (Lipinski definition) is 2. The highest BCUT2D eigenvalue weighted by molar-refractivity contribution is 8.15. The van der Waals surface area contributed by atoms with Crippen molar-refractivity contribution in [3.05, 3.63) is 35.9 Å². The van der Waals surface area contributed by atoms with Crippen molar-refractivity contribution in [1.29, 1.82) is 0 Å². The van der Waals surface area contributed by atoms with Crippen LogP contribution in [0.4, 0.5) is 0 Å². The number of aliphatic imine (C=N–C) groups is 1. The summed E-state index contributed by atoms with van der Waals surface area (Å²) in [7, 11) is 0. The number of nitrogens with one attached hydrogen (secondary N) is 2. The highest BCUT2D eigenvalue weighted by atomic mass is 32.2. The third kappa shape index (κ3) is 4.07. The summed E-state index contributed by atoms with van der Waals surface area (Å²) < 4.78 is 0. The molecule has 1 atom stereocenters. The molecule has 0 bridgehead atoms.